The number of sulfonamides is 1. The van der Waals surface area contributed by atoms with Crippen molar-refractivity contribution in [2.24, 2.45) is 0 Å². The second kappa shape index (κ2) is 7.28. The van der Waals surface area contributed by atoms with Gasteiger partial charge >= 0.3 is 0 Å². The van der Waals surface area contributed by atoms with Crippen LogP contribution in [0.25, 0.3) is 0 Å². The molecule has 27 heavy (non-hydrogen) atoms. The summed E-state index contributed by atoms with van der Waals surface area (Å²) in [6, 6.07) is 9.86. The van der Waals surface area contributed by atoms with Crippen molar-refractivity contribution in [3.05, 3.63) is 82.9 Å². The standard InChI is InChI=1S/C20H19N3O3S/c1-13-4-6-17(7-5-13)27(25,26)23-19-9-15(3)14(2)8-18(19)20(24)16-10-21-12-22-11-16/h4-12,23H,1-3H3. The number of hydrogen-bond acceptors (Lipinski definition) is 5. The third-order valence-corrected chi connectivity index (χ3v) is 5.66. The monoisotopic (exact) mass is 381 g/mol. The van der Waals surface area contributed by atoms with E-state index in [1.165, 1.54) is 30.9 Å². The quantitative estimate of drug-likeness (QED) is 0.684. The van der Waals surface area contributed by atoms with E-state index in [-0.39, 0.29) is 27.5 Å². The summed E-state index contributed by atoms with van der Waals surface area (Å²) in [4.78, 5) is 20.7. The van der Waals surface area contributed by atoms with E-state index in [1.807, 2.05) is 20.8 Å². The second-order valence-electron chi connectivity index (χ2n) is 6.36. The first-order valence-corrected chi connectivity index (χ1v) is 9.77. The molecule has 0 atom stereocenters. The van der Waals surface area contributed by atoms with Gasteiger partial charge in [0.25, 0.3) is 10.0 Å². The van der Waals surface area contributed by atoms with Gasteiger partial charge < -0.3 is 0 Å². The predicted molar refractivity (Wildman–Crippen MR) is 103 cm³/mol. The van der Waals surface area contributed by atoms with Gasteiger partial charge in [-0.2, -0.15) is 0 Å². The maximum atomic E-state index is 12.9. The number of hydrogen-bond donors (Lipinski definition) is 1. The highest BCUT2D eigenvalue weighted by atomic mass is 32.2. The van der Waals surface area contributed by atoms with Crippen molar-refractivity contribution in [1.82, 2.24) is 9.97 Å². The van der Waals surface area contributed by atoms with Crippen LogP contribution in [0.15, 0.2) is 60.0 Å². The summed E-state index contributed by atoms with van der Waals surface area (Å²) in [5.41, 5.74) is 3.48. The molecule has 0 radical (unpaired) electrons. The maximum absolute atomic E-state index is 12.9. The number of nitrogens with zero attached hydrogens (tertiary/aromatic N) is 2. The van der Waals surface area contributed by atoms with Gasteiger partial charge in [0.1, 0.15) is 6.33 Å². The van der Waals surface area contributed by atoms with Crippen LogP contribution in [0.5, 0.6) is 0 Å². The summed E-state index contributed by atoms with van der Waals surface area (Å²) in [6.07, 6.45) is 4.14. The molecule has 3 aromatic rings. The van der Waals surface area contributed by atoms with Crippen molar-refractivity contribution in [2.45, 2.75) is 25.7 Å². The zero-order chi connectivity index (χ0) is 19.6. The summed E-state index contributed by atoms with van der Waals surface area (Å²) < 4.78 is 28.1. The van der Waals surface area contributed by atoms with Gasteiger partial charge in [0.15, 0.2) is 5.78 Å². The number of carbonyl (C=O) groups excluding carboxylic acids is 1. The lowest BCUT2D eigenvalue weighted by atomic mass is 9.99. The molecule has 7 heteroatoms. The summed E-state index contributed by atoms with van der Waals surface area (Å²) >= 11 is 0. The number of aryl methyl sites for hydroxylation is 3. The minimum absolute atomic E-state index is 0.132. The van der Waals surface area contributed by atoms with Crippen molar-refractivity contribution in [1.29, 1.82) is 0 Å². The van der Waals surface area contributed by atoms with Gasteiger partial charge in [-0.1, -0.05) is 17.7 Å². The molecule has 138 valence electrons. The summed E-state index contributed by atoms with van der Waals surface area (Å²) in [5.74, 6) is -0.347. The molecule has 0 fully saturated rings. The van der Waals surface area contributed by atoms with Crippen molar-refractivity contribution in [2.75, 3.05) is 4.72 Å². The molecule has 0 spiro atoms. The van der Waals surface area contributed by atoms with Crippen LogP contribution in [-0.4, -0.2) is 24.2 Å². The molecule has 0 amide bonds. The van der Waals surface area contributed by atoms with Gasteiger partial charge in [-0.25, -0.2) is 18.4 Å². The zero-order valence-corrected chi connectivity index (χ0v) is 16.0. The molecule has 2 aromatic carbocycles. The Bertz CT molecular complexity index is 1090. The molecule has 0 saturated carbocycles. The molecule has 0 aliphatic rings. The van der Waals surface area contributed by atoms with E-state index in [9.17, 15) is 13.2 Å². The van der Waals surface area contributed by atoms with E-state index in [4.69, 9.17) is 0 Å². The maximum Gasteiger partial charge on any atom is 0.261 e. The lowest BCUT2D eigenvalue weighted by molar-refractivity contribution is 0.103. The Hall–Kier alpha value is -3.06. The van der Waals surface area contributed by atoms with Crippen molar-refractivity contribution in [3.8, 4) is 0 Å². The van der Waals surface area contributed by atoms with E-state index in [2.05, 4.69) is 14.7 Å². The molecule has 6 nitrogen and oxygen atoms in total. The van der Waals surface area contributed by atoms with E-state index >= 15 is 0 Å². The highest BCUT2D eigenvalue weighted by Crippen LogP contribution is 2.26. The molecule has 0 aliphatic heterocycles. The fourth-order valence-electron chi connectivity index (χ4n) is 2.58. The fourth-order valence-corrected chi connectivity index (χ4v) is 3.65. The average Bonchev–Trinajstić information content (AvgIpc) is 2.65. The van der Waals surface area contributed by atoms with Crippen LogP contribution >= 0.6 is 0 Å². The first-order valence-electron chi connectivity index (χ1n) is 8.28. The first-order chi connectivity index (χ1) is 12.8. The molecular formula is C20H19N3O3S. The van der Waals surface area contributed by atoms with Gasteiger partial charge in [-0.15, -0.1) is 0 Å². The van der Waals surface area contributed by atoms with Gasteiger partial charge in [0.05, 0.1) is 16.1 Å². The van der Waals surface area contributed by atoms with Gasteiger partial charge in [-0.3, -0.25) is 9.52 Å². The van der Waals surface area contributed by atoms with Gasteiger partial charge in [-0.05, 0) is 56.2 Å². The van der Waals surface area contributed by atoms with Crippen LogP contribution in [0.4, 0.5) is 5.69 Å². The minimum Gasteiger partial charge on any atom is -0.288 e. The van der Waals surface area contributed by atoms with Gasteiger partial charge in [0.2, 0.25) is 0 Å². The third-order valence-electron chi connectivity index (χ3n) is 4.28. The molecule has 1 heterocycles. The van der Waals surface area contributed by atoms with Crippen LogP contribution in [0.2, 0.25) is 0 Å². The Morgan fingerprint density at radius 2 is 1.52 bits per heavy atom. The van der Waals surface area contributed by atoms with Crippen molar-refractivity contribution in [3.63, 3.8) is 0 Å². The number of aromatic nitrogens is 2. The third kappa shape index (κ3) is 4.03. The SMILES string of the molecule is Cc1ccc(S(=O)(=O)Nc2cc(C)c(C)cc2C(=O)c2cncnc2)cc1. The number of rotatable bonds is 5. The normalized spacial score (nSPS) is 11.2. The molecule has 0 unspecified atom stereocenters. The Labute approximate surface area is 158 Å². The summed E-state index contributed by atoms with van der Waals surface area (Å²) in [6.45, 7) is 5.61. The van der Waals surface area contributed by atoms with E-state index in [1.54, 1.807) is 24.3 Å². The molecule has 0 aliphatic carbocycles. The van der Waals surface area contributed by atoms with Crippen molar-refractivity contribution >= 4 is 21.5 Å². The fraction of sp³-hybridized carbons (Fsp3) is 0.150. The Kier molecular flexibility index (Phi) is 5.05. The minimum atomic E-state index is -3.83. The van der Waals surface area contributed by atoms with E-state index < -0.39 is 10.0 Å². The lowest BCUT2D eigenvalue weighted by Crippen LogP contribution is -2.16. The number of nitrogens with one attached hydrogen (secondary N) is 1. The Morgan fingerprint density at radius 1 is 0.926 bits per heavy atom. The molecule has 3 rings (SSSR count). The lowest BCUT2D eigenvalue weighted by Gasteiger charge is -2.15. The second-order valence-corrected chi connectivity index (χ2v) is 8.04. The number of ketones is 1. The van der Waals surface area contributed by atoms with E-state index in [0.29, 0.717) is 0 Å². The van der Waals surface area contributed by atoms with Crippen LogP contribution in [0.3, 0.4) is 0 Å². The highest BCUT2D eigenvalue weighted by Gasteiger charge is 2.21. The average molecular weight is 381 g/mol. The zero-order valence-electron chi connectivity index (χ0n) is 15.2. The summed E-state index contributed by atoms with van der Waals surface area (Å²) in [7, 11) is -3.83. The van der Waals surface area contributed by atoms with E-state index in [0.717, 1.165) is 16.7 Å². The number of benzene rings is 2. The predicted octanol–water partition coefficient (Wildman–Crippen LogP) is 3.43. The number of anilines is 1. The van der Waals surface area contributed by atoms with Crippen molar-refractivity contribution < 1.29 is 13.2 Å². The smallest absolute Gasteiger partial charge is 0.261 e. The van der Waals surface area contributed by atoms with Crippen LogP contribution in [0.1, 0.15) is 32.6 Å². The van der Waals surface area contributed by atoms with Crippen LogP contribution in [0, 0.1) is 20.8 Å². The van der Waals surface area contributed by atoms with Crippen LogP contribution in [-0.2, 0) is 10.0 Å². The topological polar surface area (TPSA) is 89.0 Å². The largest absolute Gasteiger partial charge is 0.288 e. The molecule has 1 N–H and O–H groups in total. The first kappa shape index (κ1) is 18.7. The molecule has 0 saturated heterocycles. The molecule has 1 aromatic heterocycles. The molecule has 0 bridgehead atoms. The highest BCUT2D eigenvalue weighted by molar-refractivity contribution is 7.92. The Balaban J connectivity index is 2.06. The Morgan fingerprint density at radius 3 is 2.15 bits per heavy atom. The molecular weight excluding hydrogens is 362 g/mol. The van der Waals surface area contributed by atoms with Crippen LogP contribution < -0.4 is 4.72 Å². The van der Waals surface area contributed by atoms with Gasteiger partial charge in [0, 0.05) is 18.0 Å². The summed E-state index contributed by atoms with van der Waals surface area (Å²) in [5, 5.41) is 0. The number of carbonyl (C=O) groups is 1.